The van der Waals surface area contributed by atoms with E-state index >= 15 is 0 Å². The zero-order valence-corrected chi connectivity index (χ0v) is 11.2. The van der Waals surface area contributed by atoms with Crippen LogP contribution in [-0.4, -0.2) is 75.3 Å². The standard InChI is InChI=1S/C12H23NO7/c14-7-12(19)11(18)10(17)8(20-12)6-13-5-3-1-2-4-9(15)16/h8,10-11,13-14,17-19H,1-7H2,(H,15,16)/t8-,10+,11-,12+/m1/s1. The molecule has 1 aliphatic rings. The molecule has 8 heteroatoms. The average Bonchev–Trinajstić information content (AvgIpc) is 2.63. The average molecular weight is 293 g/mol. The largest absolute Gasteiger partial charge is 0.481 e. The van der Waals surface area contributed by atoms with E-state index in [1.165, 1.54) is 0 Å². The molecule has 0 aromatic rings. The number of hydrogen-bond donors (Lipinski definition) is 6. The predicted molar refractivity (Wildman–Crippen MR) is 67.9 cm³/mol. The van der Waals surface area contributed by atoms with Crippen LogP contribution in [0.2, 0.25) is 0 Å². The highest BCUT2D eigenvalue weighted by Gasteiger charge is 2.52. The van der Waals surface area contributed by atoms with Crippen molar-refractivity contribution in [2.45, 2.75) is 49.8 Å². The van der Waals surface area contributed by atoms with Crippen LogP contribution in [0.25, 0.3) is 0 Å². The summed E-state index contributed by atoms with van der Waals surface area (Å²) in [6.07, 6.45) is -1.30. The number of unbranched alkanes of at least 4 members (excludes halogenated alkanes) is 2. The van der Waals surface area contributed by atoms with E-state index in [1.54, 1.807) is 0 Å². The first-order chi connectivity index (χ1) is 9.40. The Morgan fingerprint density at radius 2 is 1.95 bits per heavy atom. The van der Waals surface area contributed by atoms with Crippen molar-refractivity contribution in [1.82, 2.24) is 5.32 Å². The first-order valence-corrected chi connectivity index (χ1v) is 6.70. The van der Waals surface area contributed by atoms with E-state index in [2.05, 4.69) is 5.32 Å². The maximum absolute atomic E-state index is 10.3. The van der Waals surface area contributed by atoms with Crippen molar-refractivity contribution in [1.29, 1.82) is 0 Å². The molecule has 0 spiro atoms. The van der Waals surface area contributed by atoms with Crippen LogP contribution in [-0.2, 0) is 9.53 Å². The molecule has 8 nitrogen and oxygen atoms in total. The SMILES string of the molecule is O=C(O)CCCCCNC[C@H]1O[C@@](O)(CO)[C@H](O)[C@H]1O. The van der Waals surface area contributed by atoms with Gasteiger partial charge in [-0.05, 0) is 19.4 Å². The molecule has 1 heterocycles. The Morgan fingerprint density at radius 3 is 2.50 bits per heavy atom. The second-order valence-electron chi connectivity index (χ2n) is 5.00. The van der Waals surface area contributed by atoms with E-state index in [0.717, 1.165) is 12.8 Å². The Labute approximate surface area is 117 Å². The van der Waals surface area contributed by atoms with E-state index in [4.69, 9.17) is 14.9 Å². The lowest BCUT2D eigenvalue weighted by Gasteiger charge is -2.22. The molecule has 1 aliphatic heterocycles. The van der Waals surface area contributed by atoms with Crippen molar-refractivity contribution >= 4 is 5.97 Å². The molecule has 20 heavy (non-hydrogen) atoms. The summed E-state index contributed by atoms with van der Waals surface area (Å²) in [5.74, 6) is -2.93. The molecule has 0 amide bonds. The topological polar surface area (TPSA) is 139 Å². The number of aliphatic hydroxyl groups is 4. The van der Waals surface area contributed by atoms with Crippen LogP contribution >= 0.6 is 0 Å². The van der Waals surface area contributed by atoms with Gasteiger partial charge in [-0.15, -0.1) is 0 Å². The molecule has 1 saturated heterocycles. The summed E-state index contributed by atoms with van der Waals surface area (Å²) in [6, 6.07) is 0. The highest BCUT2D eigenvalue weighted by Crippen LogP contribution is 2.28. The maximum atomic E-state index is 10.3. The van der Waals surface area contributed by atoms with E-state index < -0.39 is 36.7 Å². The minimum atomic E-state index is -2.12. The summed E-state index contributed by atoms with van der Waals surface area (Å²) in [5.41, 5.74) is 0. The molecule has 1 fully saturated rings. The van der Waals surface area contributed by atoms with E-state index in [-0.39, 0.29) is 13.0 Å². The lowest BCUT2D eigenvalue weighted by atomic mass is 10.1. The van der Waals surface area contributed by atoms with Crippen molar-refractivity contribution in [2.24, 2.45) is 0 Å². The van der Waals surface area contributed by atoms with Crippen molar-refractivity contribution in [3.63, 3.8) is 0 Å². The molecule has 1 rings (SSSR count). The highest BCUT2D eigenvalue weighted by atomic mass is 16.7. The molecular weight excluding hydrogens is 270 g/mol. The normalized spacial score (nSPS) is 33.5. The number of carboxylic acids is 1. The summed E-state index contributed by atoms with van der Waals surface area (Å²) in [4.78, 5) is 10.3. The third-order valence-corrected chi connectivity index (χ3v) is 3.34. The van der Waals surface area contributed by atoms with Crippen LogP contribution in [0, 0.1) is 0 Å². The maximum Gasteiger partial charge on any atom is 0.303 e. The summed E-state index contributed by atoms with van der Waals surface area (Å²) in [7, 11) is 0. The number of hydrogen-bond acceptors (Lipinski definition) is 7. The van der Waals surface area contributed by atoms with Gasteiger partial charge in [-0.3, -0.25) is 4.79 Å². The van der Waals surface area contributed by atoms with Gasteiger partial charge in [-0.2, -0.15) is 0 Å². The quantitative estimate of drug-likeness (QED) is 0.269. The molecule has 0 aromatic carbocycles. The van der Waals surface area contributed by atoms with Gasteiger partial charge >= 0.3 is 5.97 Å². The van der Waals surface area contributed by atoms with Crippen molar-refractivity contribution in [2.75, 3.05) is 19.7 Å². The Morgan fingerprint density at radius 1 is 1.25 bits per heavy atom. The summed E-state index contributed by atoms with van der Waals surface area (Å²) < 4.78 is 5.05. The van der Waals surface area contributed by atoms with Crippen LogP contribution in [0.3, 0.4) is 0 Å². The molecule has 0 aromatic heterocycles. The van der Waals surface area contributed by atoms with Crippen LogP contribution < -0.4 is 5.32 Å². The monoisotopic (exact) mass is 293 g/mol. The molecule has 6 N–H and O–H groups in total. The van der Waals surface area contributed by atoms with Crippen LogP contribution in [0.4, 0.5) is 0 Å². The first-order valence-electron chi connectivity index (χ1n) is 6.70. The van der Waals surface area contributed by atoms with E-state index in [0.29, 0.717) is 13.0 Å². The second kappa shape index (κ2) is 7.87. The van der Waals surface area contributed by atoms with Crippen LogP contribution in [0.15, 0.2) is 0 Å². The molecule has 0 bridgehead atoms. The van der Waals surface area contributed by atoms with Crippen molar-refractivity contribution < 1.29 is 35.1 Å². The molecule has 0 radical (unpaired) electrons. The molecule has 118 valence electrons. The van der Waals surface area contributed by atoms with E-state index in [1.807, 2.05) is 0 Å². The predicted octanol–water partition coefficient (Wildman–Crippen LogP) is -1.98. The Hall–Kier alpha value is -0.770. The first kappa shape index (κ1) is 17.3. The minimum Gasteiger partial charge on any atom is -0.481 e. The van der Waals surface area contributed by atoms with Crippen LogP contribution in [0.1, 0.15) is 25.7 Å². The van der Waals surface area contributed by atoms with Gasteiger partial charge in [0.2, 0.25) is 5.79 Å². The summed E-state index contributed by atoms with van der Waals surface area (Å²) in [6.45, 7) is 0.0379. The Balaban J connectivity index is 2.15. The lowest BCUT2D eigenvalue weighted by molar-refractivity contribution is -0.245. The van der Waals surface area contributed by atoms with Crippen LogP contribution in [0.5, 0.6) is 0 Å². The number of aliphatic carboxylic acids is 1. The molecular formula is C12H23NO7. The lowest BCUT2D eigenvalue weighted by Crippen LogP contribution is -2.46. The third-order valence-electron chi connectivity index (χ3n) is 3.34. The van der Waals surface area contributed by atoms with Crippen molar-refractivity contribution in [3.8, 4) is 0 Å². The number of carboxylic acid groups (broad SMARTS) is 1. The van der Waals surface area contributed by atoms with Gasteiger partial charge in [0.15, 0.2) is 0 Å². The van der Waals surface area contributed by atoms with Gasteiger partial charge in [-0.1, -0.05) is 6.42 Å². The third kappa shape index (κ3) is 4.65. The number of aliphatic hydroxyl groups excluding tert-OH is 3. The Bertz CT molecular complexity index is 314. The summed E-state index contributed by atoms with van der Waals surface area (Å²) >= 11 is 0. The van der Waals surface area contributed by atoms with Crippen molar-refractivity contribution in [3.05, 3.63) is 0 Å². The summed E-state index contributed by atoms with van der Waals surface area (Å²) in [5, 5.41) is 49.3. The zero-order chi connectivity index (χ0) is 15.2. The number of nitrogens with one attached hydrogen (secondary N) is 1. The fourth-order valence-electron chi connectivity index (χ4n) is 2.11. The molecule has 0 aliphatic carbocycles. The minimum absolute atomic E-state index is 0.153. The zero-order valence-electron chi connectivity index (χ0n) is 11.2. The Kier molecular flexibility index (Phi) is 6.80. The van der Waals surface area contributed by atoms with Gasteiger partial charge in [0.25, 0.3) is 0 Å². The number of carbonyl (C=O) groups is 1. The molecule has 0 unspecified atom stereocenters. The van der Waals surface area contributed by atoms with Gasteiger partial charge in [-0.25, -0.2) is 0 Å². The number of rotatable bonds is 9. The molecule has 4 atom stereocenters. The number of ether oxygens (including phenoxy) is 1. The fraction of sp³-hybridized carbons (Fsp3) is 0.917. The second-order valence-corrected chi connectivity index (χ2v) is 5.00. The van der Waals surface area contributed by atoms with Gasteiger partial charge in [0.05, 0.1) is 6.61 Å². The highest BCUT2D eigenvalue weighted by molar-refractivity contribution is 5.66. The van der Waals surface area contributed by atoms with Gasteiger partial charge in [0.1, 0.15) is 18.3 Å². The smallest absolute Gasteiger partial charge is 0.303 e. The fourth-order valence-corrected chi connectivity index (χ4v) is 2.11. The van der Waals surface area contributed by atoms with Gasteiger partial charge in [0, 0.05) is 13.0 Å². The molecule has 0 saturated carbocycles. The van der Waals surface area contributed by atoms with Gasteiger partial charge < -0.3 is 35.6 Å². The van der Waals surface area contributed by atoms with E-state index in [9.17, 15) is 20.1 Å².